The normalized spacial score (nSPS) is 9.89. The minimum atomic E-state index is -0.515. The van der Waals surface area contributed by atoms with Gasteiger partial charge < -0.3 is 10.6 Å². The van der Waals surface area contributed by atoms with Crippen LogP contribution in [0.2, 0.25) is 5.02 Å². The Morgan fingerprint density at radius 3 is 2.44 bits per heavy atom. The molecule has 2 rings (SSSR count). The summed E-state index contributed by atoms with van der Waals surface area (Å²) in [6.07, 6.45) is 2.41. The van der Waals surface area contributed by atoms with E-state index in [9.17, 15) is 9.18 Å². The van der Waals surface area contributed by atoms with Crippen LogP contribution in [-0.4, -0.2) is 11.0 Å². The van der Waals surface area contributed by atoms with Crippen LogP contribution in [0.4, 0.5) is 20.6 Å². The highest BCUT2D eigenvalue weighted by molar-refractivity contribution is 6.30. The van der Waals surface area contributed by atoms with Gasteiger partial charge in [-0.15, -0.1) is 0 Å². The largest absolute Gasteiger partial charge is 0.323 e. The number of amides is 2. The molecule has 0 aliphatic carbocycles. The van der Waals surface area contributed by atoms with Crippen molar-refractivity contribution in [1.29, 1.82) is 0 Å². The van der Waals surface area contributed by atoms with Crippen molar-refractivity contribution in [3.05, 3.63) is 53.6 Å². The fraction of sp³-hybridized carbons (Fsp3) is 0. The van der Waals surface area contributed by atoms with Crippen LogP contribution < -0.4 is 10.6 Å². The molecular weight excluding hydrogens is 257 g/mol. The van der Waals surface area contributed by atoms with E-state index in [-0.39, 0.29) is 5.69 Å². The van der Waals surface area contributed by atoms with Gasteiger partial charge in [-0.1, -0.05) is 11.6 Å². The predicted octanol–water partition coefficient (Wildman–Crippen LogP) is 3.52. The third kappa shape index (κ3) is 3.43. The summed E-state index contributed by atoms with van der Waals surface area (Å²) in [7, 11) is 0. The minimum Gasteiger partial charge on any atom is -0.308 e. The second-order valence-electron chi connectivity index (χ2n) is 3.48. The van der Waals surface area contributed by atoms with Crippen LogP contribution in [0.3, 0.4) is 0 Å². The van der Waals surface area contributed by atoms with Gasteiger partial charge in [0.25, 0.3) is 0 Å². The van der Waals surface area contributed by atoms with Gasteiger partial charge in [-0.05, 0) is 24.3 Å². The lowest BCUT2D eigenvalue weighted by molar-refractivity contribution is 0.262. The standard InChI is InChI=1S/C12H9ClFN3O/c13-8-1-3-10(4-2-8)16-12(18)17-11-5-9(14)6-15-7-11/h1-7H,(H2,16,17,18). The number of urea groups is 1. The average molecular weight is 266 g/mol. The summed E-state index contributed by atoms with van der Waals surface area (Å²) < 4.78 is 12.8. The molecule has 0 spiro atoms. The van der Waals surface area contributed by atoms with E-state index >= 15 is 0 Å². The minimum absolute atomic E-state index is 0.279. The molecule has 0 unspecified atom stereocenters. The van der Waals surface area contributed by atoms with E-state index in [2.05, 4.69) is 15.6 Å². The molecule has 0 fully saturated rings. The van der Waals surface area contributed by atoms with Crippen LogP contribution in [0, 0.1) is 5.82 Å². The van der Waals surface area contributed by atoms with Gasteiger partial charge in [0, 0.05) is 16.8 Å². The van der Waals surface area contributed by atoms with Crippen molar-refractivity contribution in [1.82, 2.24) is 4.98 Å². The fourth-order valence-corrected chi connectivity index (χ4v) is 1.43. The molecule has 0 saturated carbocycles. The number of rotatable bonds is 2. The van der Waals surface area contributed by atoms with Crippen LogP contribution in [-0.2, 0) is 0 Å². The van der Waals surface area contributed by atoms with Crippen LogP contribution in [0.15, 0.2) is 42.7 Å². The second-order valence-corrected chi connectivity index (χ2v) is 3.91. The maximum atomic E-state index is 12.8. The molecule has 18 heavy (non-hydrogen) atoms. The van der Waals surface area contributed by atoms with E-state index < -0.39 is 11.8 Å². The molecule has 1 heterocycles. The Kier molecular flexibility index (Phi) is 3.74. The zero-order valence-electron chi connectivity index (χ0n) is 9.15. The quantitative estimate of drug-likeness (QED) is 0.873. The lowest BCUT2D eigenvalue weighted by Gasteiger charge is -2.07. The van der Waals surface area contributed by atoms with E-state index in [1.165, 1.54) is 12.3 Å². The molecule has 0 atom stereocenters. The summed E-state index contributed by atoms with van der Waals surface area (Å²) in [5.41, 5.74) is 0.864. The van der Waals surface area contributed by atoms with Crippen LogP contribution >= 0.6 is 11.6 Å². The number of hydrogen-bond donors (Lipinski definition) is 2. The Morgan fingerprint density at radius 1 is 1.11 bits per heavy atom. The summed E-state index contributed by atoms with van der Waals surface area (Å²) in [6.45, 7) is 0. The number of nitrogens with zero attached hydrogens (tertiary/aromatic N) is 1. The Balaban J connectivity index is 1.98. The topological polar surface area (TPSA) is 54.0 Å². The first kappa shape index (κ1) is 12.3. The monoisotopic (exact) mass is 265 g/mol. The van der Waals surface area contributed by atoms with Crippen molar-refractivity contribution in [2.45, 2.75) is 0 Å². The van der Waals surface area contributed by atoms with E-state index in [1.807, 2.05) is 0 Å². The summed E-state index contributed by atoms with van der Waals surface area (Å²) >= 11 is 5.72. The van der Waals surface area contributed by atoms with Crippen molar-refractivity contribution in [3.63, 3.8) is 0 Å². The van der Waals surface area contributed by atoms with Gasteiger partial charge in [-0.25, -0.2) is 9.18 Å². The van der Waals surface area contributed by atoms with Gasteiger partial charge in [0.2, 0.25) is 0 Å². The molecule has 0 radical (unpaired) electrons. The van der Waals surface area contributed by atoms with Crippen molar-refractivity contribution in [2.24, 2.45) is 0 Å². The molecule has 1 aromatic carbocycles. The van der Waals surface area contributed by atoms with E-state index in [1.54, 1.807) is 24.3 Å². The van der Waals surface area contributed by atoms with Gasteiger partial charge in [-0.3, -0.25) is 4.98 Å². The van der Waals surface area contributed by atoms with Gasteiger partial charge in [0.05, 0.1) is 18.1 Å². The van der Waals surface area contributed by atoms with Crippen molar-refractivity contribution >= 4 is 29.0 Å². The number of pyridine rings is 1. The van der Waals surface area contributed by atoms with Crippen molar-refractivity contribution in [2.75, 3.05) is 10.6 Å². The fourth-order valence-electron chi connectivity index (χ4n) is 1.31. The maximum Gasteiger partial charge on any atom is 0.323 e. The number of nitrogens with one attached hydrogen (secondary N) is 2. The van der Waals surface area contributed by atoms with Gasteiger partial charge in [0.15, 0.2) is 0 Å². The van der Waals surface area contributed by atoms with Gasteiger partial charge in [0.1, 0.15) is 5.82 Å². The highest BCUT2D eigenvalue weighted by atomic mass is 35.5. The molecule has 6 heteroatoms. The number of carbonyl (C=O) groups excluding carboxylic acids is 1. The SMILES string of the molecule is O=C(Nc1ccc(Cl)cc1)Nc1cncc(F)c1. The molecule has 0 saturated heterocycles. The number of aromatic nitrogens is 1. The number of anilines is 2. The Morgan fingerprint density at radius 2 is 1.78 bits per heavy atom. The first-order valence-electron chi connectivity index (χ1n) is 5.07. The molecule has 0 aliphatic rings. The predicted molar refractivity (Wildman–Crippen MR) is 68.3 cm³/mol. The van der Waals surface area contributed by atoms with E-state index in [0.717, 1.165) is 6.20 Å². The number of halogens is 2. The molecule has 2 amide bonds. The molecule has 1 aromatic heterocycles. The van der Waals surface area contributed by atoms with Gasteiger partial charge >= 0.3 is 6.03 Å². The maximum absolute atomic E-state index is 12.8. The third-order valence-electron chi connectivity index (χ3n) is 2.06. The highest BCUT2D eigenvalue weighted by Crippen LogP contribution is 2.14. The highest BCUT2D eigenvalue weighted by Gasteiger charge is 2.03. The number of hydrogen-bond acceptors (Lipinski definition) is 2. The first-order valence-corrected chi connectivity index (χ1v) is 5.45. The number of benzene rings is 1. The van der Waals surface area contributed by atoms with Crippen molar-refractivity contribution in [3.8, 4) is 0 Å². The molecular formula is C12H9ClFN3O. The second kappa shape index (κ2) is 5.46. The zero-order chi connectivity index (χ0) is 13.0. The van der Waals surface area contributed by atoms with Crippen LogP contribution in [0.1, 0.15) is 0 Å². The summed E-state index contributed by atoms with van der Waals surface area (Å²) in [6, 6.07) is 7.32. The first-order chi connectivity index (χ1) is 8.63. The van der Waals surface area contributed by atoms with Crippen LogP contribution in [0.5, 0.6) is 0 Å². The van der Waals surface area contributed by atoms with Gasteiger partial charge in [-0.2, -0.15) is 0 Å². The Hall–Kier alpha value is -2.14. The molecule has 2 N–H and O–H groups in total. The molecule has 92 valence electrons. The zero-order valence-corrected chi connectivity index (χ0v) is 9.91. The molecule has 0 bridgehead atoms. The van der Waals surface area contributed by atoms with Crippen molar-refractivity contribution < 1.29 is 9.18 Å². The number of carbonyl (C=O) groups is 1. The van der Waals surface area contributed by atoms with E-state index in [4.69, 9.17) is 11.6 Å². The summed E-state index contributed by atoms with van der Waals surface area (Å²) in [5, 5.41) is 5.62. The Bertz CT molecular complexity index is 560. The van der Waals surface area contributed by atoms with Crippen LogP contribution in [0.25, 0.3) is 0 Å². The summed E-state index contributed by atoms with van der Waals surface area (Å²) in [4.78, 5) is 15.2. The lowest BCUT2D eigenvalue weighted by Crippen LogP contribution is -2.19. The smallest absolute Gasteiger partial charge is 0.308 e. The molecule has 2 aromatic rings. The molecule has 4 nitrogen and oxygen atoms in total. The third-order valence-corrected chi connectivity index (χ3v) is 2.32. The average Bonchev–Trinajstić information content (AvgIpc) is 2.32. The Labute approximate surface area is 108 Å². The van der Waals surface area contributed by atoms with E-state index in [0.29, 0.717) is 10.7 Å². The summed E-state index contributed by atoms with van der Waals surface area (Å²) in [5.74, 6) is -0.515. The lowest BCUT2D eigenvalue weighted by atomic mass is 10.3. The molecule has 0 aliphatic heterocycles.